The SMILES string of the molecule is Cc1c(C(=O)Nc2ccc(-c3cccc4c(N(C)CCCN(C)C)nccc34)cc2)c(=O)n(-c2ccccc2)n1CC(C)(C)O. The second-order valence-corrected chi connectivity index (χ2v) is 12.4. The van der Waals surface area contributed by atoms with Gasteiger partial charge in [-0.3, -0.25) is 14.3 Å². The number of aromatic nitrogens is 3. The van der Waals surface area contributed by atoms with E-state index in [1.807, 2.05) is 60.8 Å². The molecule has 9 nitrogen and oxygen atoms in total. The summed E-state index contributed by atoms with van der Waals surface area (Å²) in [6.07, 6.45) is 2.89. The van der Waals surface area contributed by atoms with Crippen molar-refractivity contribution in [2.24, 2.45) is 0 Å². The summed E-state index contributed by atoms with van der Waals surface area (Å²) in [4.78, 5) is 36.3. The third-order valence-corrected chi connectivity index (χ3v) is 7.86. The lowest BCUT2D eigenvalue weighted by atomic mass is 9.98. The summed E-state index contributed by atoms with van der Waals surface area (Å²) in [7, 11) is 6.24. The van der Waals surface area contributed by atoms with Crippen LogP contribution < -0.4 is 15.8 Å². The molecule has 5 rings (SSSR count). The topological polar surface area (TPSA) is 95.6 Å². The fourth-order valence-corrected chi connectivity index (χ4v) is 5.70. The van der Waals surface area contributed by atoms with Crippen LogP contribution in [-0.4, -0.2) is 70.1 Å². The number of hydrogen-bond donors (Lipinski definition) is 2. The van der Waals surface area contributed by atoms with Crippen LogP contribution in [0.4, 0.5) is 11.5 Å². The average molecular weight is 607 g/mol. The van der Waals surface area contributed by atoms with Crippen LogP contribution in [-0.2, 0) is 6.54 Å². The molecule has 2 aromatic heterocycles. The lowest BCUT2D eigenvalue weighted by Crippen LogP contribution is -2.32. The molecule has 2 N–H and O–H groups in total. The van der Waals surface area contributed by atoms with E-state index in [9.17, 15) is 14.7 Å². The maximum absolute atomic E-state index is 13.6. The van der Waals surface area contributed by atoms with E-state index in [1.165, 1.54) is 4.68 Å². The van der Waals surface area contributed by atoms with Crippen molar-refractivity contribution < 1.29 is 9.90 Å². The lowest BCUT2D eigenvalue weighted by Gasteiger charge is -2.22. The largest absolute Gasteiger partial charge is 0.389 e. The summed E-state index contributed by atoms with van der Waals surface area (Å²) in [5.74, 6) is 0.452. The zero-order valence-electron chi connectivity index (χ0n) is 26.9. The molecular formula is C36H42N6O3. The van der Waals surface area contributed by atoms with Crippen molar-refractivity contribution in [2.75, 3.05) is 44.4 Å². The van der Waals surface area contributed by atoms with Gasteiger partial charge in [0.05, 0.1) is 23.5 Å². The highest BCUT2D eigenvalue weighted by molar-refractivity contribution is 6.05. The van der Waals surface area contributed by atoms with Gasteiger partial charge in [0.1, 0.15) is 11.4 Å². The van der Waals surface area contributed by atoms with Crippen LogP contribution in [0.5, 0.6) is 0 Å². The van der Waals surface area contributed by atoms with Crippen LogP contribution in [0.3, 0.4) is 0 Å². The lowest BCUT2D eigenvalue weighted by molar-refractivity contribution is 0.0546. The normalized spacial score (nSPS) is 11.7. The number of amides is 1. The molecule has 0 radical (unpaired) electrons. The van der Waals surface area contributed by atoms with Crippen LogP contribution >= 0.6 is 0 Å². The Morgan fingerprint density at radius 3 is 2.29 bits per heavy atom. The number of hydrogen-bond acceptors (Lipinski definition) is 6. The summed E-state index contributed by atoms with van der Waals surface area (Å²) < 4.78 is 3.12. The second kappa shape index (κ2) is 13.1. The molecule has 0 aliphatic rings. The average Bonchev–Trinajstić information content (AvgIpc) is 3.24. The van der Waals surface area contributed by atoms with E-state index in [4.69, 9.17) is 4.98 Å². The molecule has 0 spiro atoms. The van der Waals surface area contributed by atoms with Crippen LogP contribution in [0.25, 0.3) is 27.6 Å². The minimum atomic E-state index is -1.10. The van der Waals surface area contributed by atoms with Crippen molar-refractivity contribution in [3.05, 3.63) is 107 Å². The fourth-order valence-electron chi connectivity index (χ4n) is 5.70. The highest BCUT2D eigenvalue weighted by Gasteiger charge is 2.27. The molecule has 0 aliphatic carbocycles. The minimum Gasteiger partial charge on any atom is -0.389 e. The van der Waals surface area contributed by atoms with Crippen LogP contribution in [0.2, 0.25) is 0 Å². The molecule has 0 bridgehead atoms. The van der Waals surface area contributed by atoms with Crippen molar-refractivity contribution in [1.29, 1.82) is 0 Å². The molecule has 2 heterocycles. The minimum absolute atomic E-state index is 0.0379. The number of fused-ring (bicyclic) bond motifs is 1. The second-order valence-electron chi connectivity index (χ2n) is 12.4. The third-order valence-electron chi connectivity index (χ3n) is 7.86. The molecule has 1 amide bonds. The Labute approximate surface area is 264 Å². The summed E-state index contributed by atoms with van der Waals surface area (Å²) in [5.41, 5.74) is 2.24. The van der Waals surface area contributed by atoms with E-state index >= 15 is 0 Å². The highest BCUT2D eigenvalue weighted by Crippen LogP contribution is 2.33. The Kier molecular flexibility index (Phi) is 9.22. The monoisotopic (exact) mass is 606 g/mol. The van der Waals surface area contributed by atoms with Gasteiger partial charge in [0.25, 0.3) is 11.5 Å². The highest BCUT2D eigenvalue weighted by atomic mass is 16.3. The molecule has 45 heavy (non-hydrogen) atoms. The standard InChI is InChI=1S/C36H42N6O3/c1-25-32(35(44)42(28-12-8-7-9-13-28)41(25)24-36(2,3)45)34(43)38-27-18-16-26(17-19-27)29-14-10-15-31-30(29)20-21-37-33(31)40(6)23-11-22-39(4)5/h7-10,12-21,45H,11,22-24H2,1-6H3,(H,38,43). The predicted octanol–water partition coefficient (Wildman–Crippen LogP) is 5.57. The molecule has 0 saturated heterocycles. The Morgan fingerprint density at radius 1 is 0.911 bits per heavy atom. The number of aliphatic hydroxyl groups is 1. The van der Waals surface area contributed by atoms with Crippen molar-refractivity contribution in [3.8, 4) is 16.8 Å². The van der Waals surface area contributed by atoms with Crippen molar-refractivity contribution in [3.63, 3.8) is 0 Å². The van der Waals surface area contributed by atoms with Crippen molar-refractivity contribution in [2.45, 2.75) is 39.3 Å². The molecule has 3 aromatic carbocycles. The first-order valence-corrected chi connectivity index (χ1v) is 15.2. The van der Waals surface area contributed by atoms with Gasteiger partial charge in [0.2, 0.25) is 0 Å². The molecule has 0 aliphatic heterocycles. The number of nitrogens with one attached hydrogen (secondary N) is 1. The third kappa shape index (κ3) is 7.00. The quantitative estimate of drug-likeness (QED) is 0.204. The first-order valence-electron chi connectivity index (χ1n) is 15.2. The van der Waals surface area contributed by atoms with Crippen LogP contribution in [0.15, 0.2) is 89.9 Å². The summed E-state index contributed by atoms with van der Waals surface area (Å²) in [6, 6.07) is 25.0. The van der Waals surface area contributed by atoms with E-state index in [0.29, 0.717) is 17.1 Å². The van der Waals surface area contributed by atoms with Gasteiger partial charge >= 0.3 is 0 Å². The number of pyridine rings is 1. The van der Waals surface area contributed by atoms with Crippen molar-refractivity contribution >= 4 is 28.2 Å². The number of nitrogens with zero attached hydrogens (tertiary/aromatic N) is 5. The van der Waals surface area contributed by atoms with E-state index in [1.54, 1.807) is 37.6 Å². The molecule has 5 aromatic rings. The number of rotatable bonds is 11. The summed E-state index contributed by atoms with van der Waals surface area (Å²) in [6.45, 7) is 7.13. The summed E-state index contributed by atoms with van der Waals surface area (Å²) >= 11 is 0. The Bertz CT molecular complexity index is 1850. The van der Waals surface area contributed by atoms with Crippen LogP contribution in [0.1, 0.15) is 36.3 Å². The smallest absolute Gasteiger partial charge is 0.284 e. The molecule has 0 fully saturated rings. The van der Waals surface area contributed by atoms with Gasteiger partial charge in [-0.2, -0.15) is 0 Å². The Morgan fingerprint density at radius 2 is 1.62 bits per heavy atom. The van der Waals surface area contributed by atoms with E-state index in [-0.39, 0.29) is 12.1 Å². The summed E-state index contributed by atoms with van der Waals surface area (Å²) in [5, 5.41) is 15.7. The first kappa shape index (κ1) is 31.7. The zero-order valence-corrected chi connectivity index (χ0v) is 26.9. The first-order chi connectivity index (χ1) is 21.4. The van der Waals surface area contributed by atoms with Gasteiger partial charge in [-0.15, -0.1) is 0 Å². The molecule has 234 valence electrons. The molecule has 9 heteroatoms. The van der Waals surface area contributed by atoms with Gasteiger partial charge in [0.15, 0.2) is 0 Å². The number of para-hydroxylation sites is 1. The van der Waals surface area contributed by atoms with Crippen molar-refractivity contribution in [1.82, 2.24) is 19.2 Å². The number of carbonyl (C=O) groups is 1. The Hall–Kier alpha value is -4.73. The van der Waals surface area contributed by atoms with E-state index < -0.39 is 17.1 Å². The Balaban J connectivity index is 1.42. The van der Waals surface area contributed by atoms with Gasteiger partial charge in [-0.25, -0.2) is 9.67 Å². The van der Waals surface area contributed by atoms with Gasteiger partial charge in [0, 0.05) is 30.9 Å². The molecular weight excluding hydrogens is 564 g/mol. The number of carbonyl (C=O) groups excluding carboxylic acids is 1. The number of anilines is 2. The van der Waals surface area contributed by atoms with E-state index in [2.05, 4.69) is 48.4 Å². The van der Waals surface area contributed by atoms with Crippen LogP contribution in [0, 0.1) is 6.92 Å². The zero-order chi connectivity index (χ0) is 32.3. The van der Waals surface area contributed by atoms with E-state index in [0.717, 1.165) is 47.2 Å². The maximum Gasteiger partial charge on any atom is 0.284 e. The number of benzene rings is 3. The van der Waals surface area contributed by atoms with Gasteiger partial charge < -0.3 is 20.2 Å². The maximum atomic E-state index is 13.6. The fraction of sp³-hybridized carbons (Fsp3) is 0.306. The van der Waals surface area contributed by atoms with Gasteiger partial charge in [-0.1, -0.05) is 48.5 Å². The molecule has 0 atom stereocenters. The molecule has 0 saturated carbocycles. The predicted molar refractivity (Wildman–Crippen MR) is 183 cm³/mol. The molecule has 0 unspecified atom stereocenters. The van der Waals surface area contributed by atoms with Gasteiger partial charge in [-0.05, 0) is 94.7 Å².